The minimum absolute atomic E-state index is 0.156. The van der Waals surface area contributed by atoms with Gasteiger partial charge in [-0.15, -0.1) is 11.3 Å². The molecule has 0 aliphatic heterocycles. The van der Waals surface area contributed by atoms with Crippen molar-refractivity contribution >= 4 is 23.1 Å². The molecule has 0 radical (unpaired) electrons. The van der Waals surface area contributed by atoms with E-state index in [0.717, 1.165) is 23.3 Å². The van der Waals surface area contributed by atoms with Crippen LogP contribution in [0.15, 0.2) is 6.07 Å². The summed E-state index contributed by atoms with van der Waals surface area (Å²) in [7, 11) is 0. The third kappa shape index (κ3) is 1.95. The molecule has 1 aliphatic carbocycles. The van der Waals surface area contributed by atoms with E-state index in [0.29, 0.717) is 17.9 Å². The van der Waals surface area contributed by atoms with Crippen LogP contribution in [-0.2, 0) is 11.2 Å². The molecule has 2 rings (SSSR count). The van der Waals surface area contributed by atoms with Gasteiger partial charge in [-0.25, -0.2) is 4.79 Å². The average molecular weight is 224 g/mol. The number of thiophene rings is 1. The van der Waals surface area contributed by atoms with Crippen molar-refractivity contribution in [2.75, 3.05) is 6.61 Å². The van der Waals surface area contributed by atoms with Crippen LogP contribution >= 0.6 is 11.3 Å². The van der Waals surface area contributed by atoms with E-state index in [4.69, 9.17) is 4.74 Å². The molecule has 15 heavy (non-hydrogen) atoms. The number of Topliss-reactive ketones (excluding diaryl/α,β-unsaturated/α-hetero) is 1. The number of hydrogen-bond donors (Lipinski definition) is 0. The van der Waals surface area contributed by atoms with Crippen molar-refractivity contribution in [3.05, 3.63) is 21.4 Å². The molecule has 0 unspecified atom stereocenters. The molecule has 0 aromatic carbocycles. The van der Waals surface area contributed by atoms with Crippen LogP contribution in [0.4, 0.5) is 0 Å². The molecule has 1 aliphatic rings. The molecule has 1 aromatic heterocycles. The van der Waals surface area contributed by atoms with Crippen LogP contribution in [0.1, 0.15) is 44.7 Å². The molecule has 0 spiro atoms. The van der Waals surface area contributed by atoms with Crippen molar-refractivity contribution in [3.8, 4) is 0 Å². The molecule has 0 N–H and O–H groups in total. The van der Waals surface area contributed by atoms with Gasteiger partial charge in [0.15, 0.2) is 5.78 Å². The topological polar surface area (TPSA) is 43.4 Å². The highest BCUT2D eigenvalue weighted by Gasteiger charge is 2.22. The Kier molecular flexibility index (Phi) is 2.86. The molecule has 1 aromatic rings. The van der Waals surface area contributed by atoms with Gasteiger partial charge in [0, 0.05) is 16.9 Å². The van der Waals surface area contributed by atoms with Gasteiger partial charge in [-0.05, 0) is 25.8 Å². The van der Waals surface area contributed by atoms with Crippen LogP contribution in [0.25, 0.3) is 0 Å². The van der Waals surface area contributed by atoms with E-state index in [-0.39, 0.29) is 11.8 Å². The summed E-state index contributed by atoms with van der Waals surface area (Å²) >= 11 is 1.39. The number of esters is 1. The molecule has 0 saturated carbocycles. The monoisotopic (exact) mass is 224 g/mol. The normalized spacial score (nSPS) is 14.9. The zero-order valence-corrected chi connectivity index (χ0v) is 9.36. The number of hydrogen-bond acceptors (Lipinski definition) is 4. The van der Waals surface area contributed by atoms with Crippen molar-refractivity contribution in [1.29, 1.82) is 0 Å². The maximum Gasteiger partial charge on any atom is 0.348 e. The highest BCUT2D eigenvalue weighted by molar-refractivity contribution is 7.14. The van der Waals surface area contributed by atoms with Gasteiger partial charge in [-0.3, -0.25) is 4.79 Å². The predicted octanol–water partition coefficient (Wildman–Crippen LogP) is 2.44. The lowest BCUT2D eigenvalue weighted by Crippen LogP contribution is -2.07. The first kappa shape index (κ1) is 10.4. The van der Waals surface area contributed by atoms with Gasteiger partial charge in [0.25, 0.3) is 0 Å². The zero-order valence-electron chi connectivity index (χ0n) is 8.54. The molecular formula is C11H12O3S. The number of aryl methyl sites for hydroxylation is 1. The second kappa shape index (κ2) is 4.14. The number of ether oxygens (including phenoxy) is 1. The lowest BCUT2D eigenvalue weighted by molar-refractivity contribution is 0.0532. The van der Waals surface area contributed by atoms with E-state index in [1.54, 1.807) is 13.0 Å². The molecule has 0 amide bonds. The molecule has 4 heteroatoms. The summed E-state index contributed by atoms with van der Waals surface area (Å²) in [6, 6.07) is 1.68. The fraction of sp³-hybridized carbons (Fsp3) is 0.455. The van der Waals surface area contributed by atoms with E-state index in [9.17, 15) is 9.59 Å². The molecule has 0 bridgehead atoms. The molecule has 0 fully saturated rings. The summed E-state index contributed by atoms with van der Waals surface area (Å²) in [5.74, 6) is -0.159. The third-order valence-corrected chi connectivity index (χ3v) is 3.57. The van der Waals surface area contributed by atoms with Crippen LogP contribution in [0.2, 0.25) is 0 Å². The fourth-order valence-corrected chi connectivity index (χ4v) is 2.81. The highest BCUT2D eigenvalue weighted by Crippen LogP contribution is 2.29. The third-order valence-electron chi connectivity index (χ3n) is 2.39. The summed E-state index contributed by atoms with van der Waals surface area (Å²) in [6.07, 6.45) is 2.41. The highest BCUT2D eigenvalue weighted by atomic mass is 32.1. The summed E-state index contributed by atoms with van der Waals surface area (Å²) in [5, 5.41) is 0. The Bertz CT molecular complexity index is 406. The van der Waals surface area contributed by atoms with E-state index >= 15 is 0 Å². The van der Waals surface area contributed by atoms with Crippen LogP contribution in [0.5, 0.6) is 0 Å². The Balaban J connectivity index is 2.29. The second-order valence-electron chi connectivity index (χ2n) is 3.44. The number of ketones is 1. The lowest BCUT2D eigenvalue weighted by atomic mass is 9.98. The van der Waals surface area contributed by atoms with Crippen molar-refractivity contribution in [3.63, 3.8) is 0 Å². The lowest BCUT2D eigenvalue weighted by Gasteiger charge is -2.07. The van der Waals surface area contributed by atoms with Gasteiger partial charge in [-0.2, -0.15) is 0 Å². The van der Waals surface area contributed by atoms with Crippen molar-refractivity contribution in [2.45, 2.75) is 26.2 Å². The Hall–Kier alpha value is -1.16. The minimum atomic E-state index is -0.315. The first-order valence-electron chi connectivity index (χ1n) is 5.05. The second-order valence-corrected chi connectivity index (χ2v) is 4.58. The molecule has 3 nitrogen and oxygen atoms in total. The minimum Gasteiger partial charge on any atom is -0.462 e. The molecule has 80 valence electrons. The van der Waals surface area contributed by atoms with Gasteiger partial charge < -0.3 is 4.74 Å². The van der Waals surface area contributed by atoms with E-state index < -0.39 is 0 Å². The average Bonchev–Trinajstić information content (AvgIpc) is 2.63. The van der Waals surface area contributed by atoms with Crippen LogP contribution in [0, 0.1) is 0 Å². The molecule has 1 heterocycles. The Morgan fingerprint density at radius 1 is 1.53 bits per heavy atom. The summed E-state index contributed by atoms with van der Waals surface area (Å²) in [5.41, 5.74) is 0.731. The Morgan fingerprint density at radius 3 is 3.00 bits per heavy atom. The Labute approximate surface area is 92.1 Å². The van der Waals surface area contributed by atoms with Crippen LogP contribution in [0.3, 0.4) is 0 Å². The maximum absolute atomic E-state index is 11.5. The predicted molar refractivity (Wildman–Crippen MR) is 57.5 cm³/mol. The molecular weight excluding hydrogens is 212 g/mol. The Morgan fingerprint density at radius 2 is 2.33 bits per heavy atom. The first-order valence-corrected chi connectivity index (χ1v) is 5.87. The van der Waals surface area contributed by atoms with Gasteiger partial charge in [-0.1, -0.05) is 0 Å². The van der Waals surface area contributed by atoms with Gasteiger partial charge in [0.1, 0.15) is 4.88 Å². The first-order chi connectivity index (χ1) is 7.22. The van der Waals surface area contributed by atoms with Crippen molar-refractivity contribution in [1.82, 2.24) is 0 Å². The van der Waals surface area contributed by atoms with Crippen LogP contribution in [-0.4, -0.2) is 18.4 Å². The van der Waals surface area contributed by atoms with E-state index in [1.165, 1.54) is 11.3 Å². The van der Waals surface area contributed by atoms with Gasteiger partial charge >= 0.3 is 5.97 Å². The van der Waals surface area contributed by atoms with Gasteiger partial charge in [0.2, 0.25) is 0 Å². The molecule has 0 atom stereocenters. The van der Waals surface area contributed by atoms with Crippen molar-refractivity contribution < 1.29 is 14.3 Å². The zero-order chi connectivity index (χ0) is 10.8. The summed E-state index contributed by atoms with van der Waals surface area (Å²) in [6.45, 7) is 2.14. The van der Waals surface area contributed by atoms with Crippen molar-refractivity contribution in [2.24, 2.45) is 0 Å². The number of carbonyl (C=O) groups is 2. The largest absolute Gasteiger partial charge is 0.462 e. The van der Waals surface area contributed by atoms with E-state index in [2.05, 4.69) is 0 Å². The maximum atomic E-state index is 11.5. The van der Waals surface area contributed by atoms with Crippen LogP contribution < -0.4 is 0 Å². The number of fused-ring (bicyclic) bond motifs is 1. The summed E-state index contributed by atoms with van der Waals surface area (Å²) < 4.78 is 4.90. The smallest absolute Gasteiger partial charge is 0.348 e. The van der Waals surface area contributed by atoms with Gasteiger partial charge in [0.05, 0.1) is 6.61 Å². The fourth-order valence-electron chi connectivity index (χ4n) is 1.70. The number of carbonyl (C=O) groups excluding carboxylic acids is 2. The standard InChI is InChI=1S/C11H12O3S/c1-2-14-11(13)10-6-7-8(12)4-3-5-9(7)15-10/h6H,2-5H2,1H3. The van der Waals surface area contributed by atoms with E-state index in [1.807, 2.05) is 0 Å². The quantitative estimate of drug-likeness (QED) is 0.725. The summed E-state index contributed by atoms with van der Waals surface area (Å²) in [4.78, 5) is 24.6. The molecule has 0 saturated heterocycles. The number of rotatable bonds is 2. The SMILES string of the molecule is CCOC(=O)c1cc2c(s1)CCCC2=O.